The van der Waals surface area contributed by atoms with Gasteiger partial charge in [0.25, 0.3) is 0 Å². The topological polar surface area (TPSA) is 106 Å². The van der Waals surface area contributed by atoms with Gasteiger partial charge in [-0.25, -0.2) is 9.59 Å². The van der Waals surface area contributed by atoms with E-state index in [-0.39, 0.29) is 24.6 Å². The number of alkyl carbamates (subject to hydrolysis) is 2. The first-order valence-corrected chi connectivity index (χ1v) is 12.8. The number of amides is 3. The number of thioether (sulfide) groups is 1. The normalized spacial score (nSPS) is 19.2. The minimum absolute atomic E-state index is 0.187. The van der Waals surface area contributed by atoms with E-state index >= 15 is 0 Å². The molecule has 0 heterocycles. The predicted octanol–water partition coefficient (Wildman–Crippen LogP) is 3.99. The number of carbonyl (C=O) groups is 3. The van der Waals surface area contributed by atoms with E-state index in [1.807, 2.05) is 36.6 Å². The number of hydrogen-bond donors (Lipinski definition) is 3. The third-order valence-corrected chi connectivity index (χ3v) is 5.87. The zero-order valence-electron chi connectivity index (χ0n) is 20.0. The van der Waals surface area contributed by atoms with Crippen molar-refractivity contribution in [1.29, 1.82) is 0 Å². The summed E-state index contributed by atoms with van der Waals surface area (Å²) in [7, 11) is 0. The van der Waals surface area contributed by atoms with Gasteiger partial charge in [-0.2, -0.15) is 11.8 Å². The van der Waals surface area contributed by atoms with Crippen LogP contribution < -0.4 is 16.0 Å². The van der Waals surface area contributed by atoms with E-state index < -0.39 is 23.8 Å². The second-order valence-corrected chi connectivity index (χ2v) is 10.2. The van der Waals surface area contributed by atoms with Crippen molar-refractivity contribution in [2.24, 2.45) is 0 Å². The number of hydrogen-bond acceptors (Lipinski definition) is 6. The fourth-order valence-corrected chi connectivity index (χ4v) is 4.10. The molecule has 0 aliphatic heterocycles. The summed E-state index contributed by atoms with van der Waals surface area (Å²) in [5.74, 6) is 0.442. The number of benzene rings is 1. The summed E-state index contributed by atoms with van der Waals surface area (Å²) in [6.07, 6.45) is 4.72. The van der Waals surface area contributed by atoms with Gasteiger partial charge in [0, 0.05) is 6.04 Å². The highest BCUT2D eigenvalue weighted by atomic mass is 32.2. The van der Waals surface area contributed by atoms with Crippen molar-refractivity contribution < 1.29 is 23.9 Å². The molecule has 2 rings (SSSR count). The molecule has 3 atom stereocenters. The van der Waals surface area contributed by atoms with Gasteiger partial charge >= 0.3 is 12.2 Å². The van der Waals surface area contributed by atoms with Crippen LogP contribution in [0.4, 0.5) is 9.59 Å². The van der Waals surface area contributed by atoms with Crippen LogP contribution in [0, 0.1) is 0 Å². The number of nitrogens with one attached hydrogen (secondary N) is 3. The second kappa shape index (κ2) is 13.3. The van der Waals surface area contributed by atoms with E-state index in [9.17, 15) is 14.4 Å². The van der Waals surface area contributed by atoms with E-state index in [2.05, 4.69) is 16.0 Å². The average Bonchev–Trinajstić information content (AvgIpc) is 2.76. The zero-order valence-corrected chi connectivity index (χ0v) is 20.8. The fraction of sp³-hybridized carbons (Fsp3) is 0.625. The summed E-state index contributed by atoms with van der Waals surface area (Å²) in [4.78, 5) is 37.6. The van der Waals surface area contributed by atoms with Gasteiger partial charge in [-0.15, -0.1) is 0 Å². The molecule has 2 unspecified atom stereocenters. The molecule has 8 nitrogen and oxygen atoms in total. The minimum atomic E-state index is -0.708. The van der Waals surface area contributed by atoms with Crippen molar-refractivity contribution in [3.8, 4) is 0 Å². The van der Waals surface area contributed by atoms with Crippen molar-refractivity contribution in [3.63, 3.8) is 0 Å². The molecule has 1 aromatic carbocycles. The SMILES string of the molecule is CSCC[C@H](NC(=O)OC(C)(C)C)C(=O)NC1CCCCC1NC(=O)OCc1ccccc1. The van der Waals surface area contributed by atoms with Gasteiger partial charge in [0.2, 0.25) is 5.91 Å². The van der Waals surface area contributed by atoms with Crippen molar-refractivity contribution in [1.82, 2.24) is 16.0 Å². The Kier molecular flexibility index (Phi) is 10.8. The van der Waals surface area contributed by atoms with Crippen LogP contribution in [-0.2, 0) is 20.9 Å². The summed E-state index contributed by atoms with van der Waals surface area (Å²) >= 11 is 1.60. The van der Waals surface area contributed by atoms with Gasteiger partial charge in [0.15, 0.2) is 0 Å². The van der Waals surface area contributed by atoms with Crippen LogP contribution in [0.15, 0.2) is 30.3 Å². The Labute approximate surface area is 200 Å². The van der Waals surface area contributed by atoms with Gasteiger partial charge in [0.05, 0.1) is 6.04 Å². The zero-order chi connectivity index (χ0) is 24.3. The quantitative estimate of drug-likeness (QED) is 0.495. The van der Waals surface area contributed by atoms with Crippen molar-refractivity contribution in [2.75, 3.05) is 12.0 Å². The Morgan fingerprint density at radius 1 is 1.03 bits per heavy atom. The molecule has 9 heteroatoms. The summed E-state index contributed by atoms with van der Waals surface area (Å²) in [5.41, 5.74) is 0.259. The maximum Gasteiger partial charge on any atom is 0.408 e. The number of ether oxygens (including phenoxy) is 2. The van der Waals surface area contributed by atoms with Crippen LogP contribution in [-0.4, -0.2) is 53.8 Å². The number of carbonyl (C=O) groups excluding carboxylic acids is 3. The van der Waals surface area contributed by atoms with Crippen LogP contribution in [0.1, 0.15) is 58.4 Å². The molecule has 1 aliphatic carbocycles. The Hall–Kier alpha value is -2.42. The highest BCUT2D eigenvalue weighted by Crippen LogP contribution is 2.19. The molecule has 0 aromatic heterocycles. The third-order valence-electron chi connectivity index (χ3n) is 5.23. The van der Waals surface area contributed by atoms with Crippen LogP contribution in [0.5, 0.6) is 0 Å². The van der Waals surface area contributed by atoms with E-state index in [4.69, 9.17) is 9.47 Å². The average molecular weight is 480 g/mol. The molecule has 3 N–H and O–H groups in total. The molecular formula is C24H37N3O5S. The lowest BCUT2D eigenvalue weighted by Crippen LogP contribution is -2.57. The molecule has 33 heavy (non-hydrogen) atoms. The van der Waals surface area contributed by atoms with E-state index in [0.29, 0.717) is 12.2 Å². The van der Waals surface area contributed by atoms with Crippen LogP contribution in [0.3, 0.4) is 0 Å². The van der Waals surface area contributed by atoms with Crippen LogP contribution in [0.25, 0.3) is 0 Å². The summed E-state index contributed by atoms with van der Waals surface area (Å²) < 4.78 is 10.7. The summed E-state index contributed by atoms with van der Waals surface area (Å²) in [5, 5.41) is 8.64. The molecule has 1 aliphatic rings. The van der Waals surface area contributed by atoms with Gasteiger partial charge in [-0.3, -0.25) is 4.79 Å². The third kappa shape index (κ3) is 10.4. The molecule has 0 bridgehead atoms. The van der Waals surface area contributed by atoms with Crippen molar-refractivity contribution >= 4 is 29.9 Å². The Morgan fingerprint density at radius 3 is 2.27 bits per heavy atom. The van der Waals surface area contributed by atoms with Crippen molar-refractivity contribution in [2.45, 2.75) is 83.2 Å². The predicted molar refractivity (Wildman–Crippen MR) is 130 cm³/mol. The van der Waals surface area contributed by atoms with E-state index in [0.717, 1.165) is 31.2 Å². The van der Waals surface area contributed by atoms with Gasteiger partial charge in [-0.1, -0.05) is 43.2 Å². The first-order valence-electron chi connectivity index (χ1n) is 11.4. The Bertz CT molecular complexity index is 769. The second-order valence-electron chi connectivity index (χ2n) is 9.19. The Morgan fingerprint density at radius 2 is 1.67 bits per heavy atom. The molecular weight excluding hydrogens is 442 g/mol. The highest BCUT2D eigenvalue weighted by molar-refractivity contribution is 7.98. The molecule has 3 amide bonds. The smallest absolute Gasteiger partial charge is 0.408 e. The molecule has 0 saturated heterocycles. The largest absolute Gasteiger partial charge is 0.445 e. The monoisotopic (exact) mass is 479 g/mol. The fourth-order valence-electron chi connectivity index (χ4n) is 3.63. The lowest BCUT2D eigenvalue weighted by molar-refractivity contribution is -0.124. The molecule has 1 aromatic rings. The minimum Gasteiger partial charge on any atom is -0.445 e. The number of rotatable bonds is 9. The van der Waals surface area contributed by atoms with Crippen LogP contribution >= 0.6 is 11.8 Å². The first kappa shape index (κ1) is 26.8. The van der Waals surface area contributed by atoms with Gasteiger partial charge < -0.3 is 25.4 Å². The van der Waals surface area contributed by atoms with Crippen molar-refractivity contribution in [3.05, 3.63) is 35.9 Å². The van der Waals surface area contributed by atoms with Gasteiger partial charge in [0.1, 0.15) is 18.2 Å². The molecule has 1 fully saturated rings. The lowest BCUT2D eigenvalue weighted by atomic mass is 9.90. The summed E-state index contributed by atoms with van der Waals surface area (Å²) in [6, 6.07) is 8.31. The van der Waals surface area contributed by atoms with Gasteiger partial charge in [-0.05, 0) is 57.6 Å². The van der Waals surface area contributed by atoms with Crippen LogP contribution in [0.2, 0.25) is 0 Å². The highest BCUT2D eigenvalue weighted by Gasteiger charge is 2.31. The first-order chi connectivity index (χ1) is 15.7. The molecule has 1 saturated carbocycles. The summed E-state index contributed by atoms with van der Waals surface area (Å²) in [6.45, 7) is 5.52. The molecule has 184 valence electrons. The lowest BCUT2D eigenvalue weighted by Gasteiger charge is -2.33. The van der Waals surface area contributed by atoms with E-state index in [1.165, 1.54) is 0 Å². The maximum absolute atomic E-state index is 13.0. The maximum atomic E-state index is 13.0. The molecule has 0 radical (unpaired) electrons. The van der Waals surface area contributed by atoms with E-state index in [1.54, 1.807) is 32.5 Å². The molecule has 0 spiro atoms. The Balaban J connectivity index is 1.93. The standard InChI is InChI=1S/C24H37N3O5S/c1-24(2,3)32-23(30)27-20(14-15-33-4)21(28)25-18-12-8-9-13-19(18)26-22(29)31-16-17-10-6-5-7-11-17/h5-7,10-11,18-20H,8-9,12-16H2,1-4H3,(H,25,28)(H,26,29)(H,27,30)/t18?,19?,20-/m0/s1.